The lowest BCUT2D eigenvalue weighted by molar-refractivity contribution is 0.0790. The molecule has 2 rings (SSSR count). The van der Waals surface area contributed by atoms with Crippen molar-refractivity contribution in [1.82, 2.24) is 9.88 Å². The van der Waals surface area contributed by atoms with Crippen LogP contribution in [-0.4, -0.2) is 29.4 Å². The zero-order chi connectivity index (χ0) is 15.4. The molecule has 0 aliphatic carbocycles. The van der Waals surface area contributed by atoms with Gasteiger partial charge in [-0.25, -0.2) is 4.98 Å². The number of rotatable bonds is 5. The second-order valence-electron chi connectivity index (χ2n) is 4.52. The molecular weight excluding hydrogens is 308 g/mol. The molecular formula is C14H17ClN4OS. The van der Waals surface area contributed by atoms with Crippen LogP contribution in [0.3, 0.4) is 0 Å². The Bertz CT molecular complexity index is 644. The maximum Gasteiger partial charge on any atom is 0.267 e. The van der Waals surface area contributed by atoms with E-state index in [2.05, 4.69) is 10.3 Å². The average Bonchev–Trinajstić information content (AvgIpc) is 2.81. The highest BCUT2D eigenvalue weighted by molar-refractivity contribution is 7.18. The number of nitrogens with two attached hydrogens (primary N) is 1. The molecule has 2 aromatic rings. The lowest BCUT2D eigenvalue weighted by atomic mass is 10.2. The van der Waals surface area contributed by atoms with E-state index < -0.39 is 0 Å². The van der Waals surface area contributed by atoms with Crippen LogP contribution in [0.2, 0.25) is 5.02 Å². The van der Waals surface area contributed by atoms with Crippen LogP contribution in [0.25, 0.3) is 0 Å². The van der Waals surface area contributed by atoms with E-state index in [9.17, 15) is 4.79 Å². The maximum atomic E-state index is 12.4. The summed E-state index contributed by atoms with van der Waals surface area (Å²) in [5.74, 6) is 0.0982. The Hall–Kier alpha value is -1.79. The number of anilines is 2. The van der Waals surface area contributed by atoms with Crippen molar-refractivity contribution in [2.75, 3.05) is 24.6 Å². The number of thiazole rings is 1. The third kappa shape index (κ3) is 3.65. The van der Waals surface area contributed by atoms with Gasteiger partial charge in [0.2, 0.25) is 0 Å². The quantitative estimate of drug-likeness (QED) is 0.886. The van der Waals surface area contributed by atoms with Gasteiger partial charge in [-0.3, -0.25) is 4.79 Å². The lowest BCUT2D eigenvalue weighted by Gasteiger charge is -2.17. The van der Waals surface area contributed by atoms with E-state index in [1.54, 1.807) is 18.0 Å². The second kappa shape index (κ2) is 6.78. The minimum atomic E-state index is -0.158. The largest absolute Gasteiger partial charge is 0.382 e. The topological polar surface area (TPSA) is 71.2 Å². The van der Waals surface area contributed by atoms with Crippen molar-refractivity contribution in [3.63, 3.8) is 0 Å². The standard InChI is InChI=1S/C14H17ClN4OS/c1-3-17-14-18-12(16)11(21-14)13(20)19(2)8-9-6-4-5-7-10(9)15/h4-7H,3,8,16H2,1-2H3,(H,17,18). The molecule has 0 bridgehead atoms. The normalized spacial score (nSPS) is 10.4. The molecule has 21 heavy (non-hydrogen) atoms. The van der Waals surface area contributed by atoms with Crippen LogP contribution in [0, 0.1) is 0 Å². The zero-order valence-corrected chi connectivity index (χ0v) is 13.5. The van der Waals surface area contributed by atoms with Gasteiger partial charge >= 0.3 is 0 Å². The number of carbonyl (C=O) groups is 1. The minimum Gasteiger partial charge on any atom is -0.382 e. The number of hydrogen-bond donors (Lipinski definition) is 2. The number of nitrogens with one attached hydrogen (secondary N) is 1. The Morgan fingerprint density at radius 2 is 2.19 bits per heavy atom. The highest BCUT2D eigenvalue weighted by atomic mass is 35.5. The van der Waals surface area contributed by atoms with Crippen LogP contribution in [-0.2, 0) is 6.54 Å². The van der Waals surface area contributed by atoms with Crippen LogP contribution in [0.4, 0.5) is 10.9 Å². The highest BCUT2D eigenvalue weighted by Gasteiger charge is 2.20. The maximum absolute atomic E-state index is 12.4. The summed E-state index contributed by atoms with van der Waals surface area (Å²) < 4.78 is 0. The summed E-state index contributed by atoms with van der Waals surface area (Å²) in [7, 11) is 1.72. The fourth-order valence-electron chi connectivity index (χ4n) is 1.84. The van der Waals surface area contributed by atoms with Crippen molar-refractivity contribution >= 4 is 39.8 Å². The first-order valence-electron chi connectivity index (χ1n) is 6.52. The highest BCUT2D eigenvalue weighted by Crippen LogP contribution is 2.27. The number of halogens is 1. The molecule has 1 amide bonds. The summed E-state index contributed by atoms with van der Waals surface area (Å²) in [5, 5.41) is 4.36. The van der Waals surface area contributed by atoms with Crippen molar-refractivity contribution in [3.05, 3.63) is 39.7 Å². The number of nitrogen functional groups attached to an aromatic ring is 1. The lowest BCUT2D eigenvalue weighted by Crippen LogP contribution is -2.26. The Labute approximate surface area is 132 Å². The molecule has 5 nitrogen and oxygen atoms in total. The van der Waals surface area contributed by atoms with Crippen molar-refractivity contribution in [1.29, 1.82) is 0 Å². The van der Waals surface area contributed by atoms with Crippen LogP contribution in [0.1, 0.15) is 22.2 Å². The first kappa shape index (κ1) is 15.6. The van der Waals surface area contributed by atoms with Gasteiger partial charge in [0.15, 0.2) is 5.13 Å². The molecule has 1 heterocycles. The summed E-state index contributed by atoms with van der Waals surface area (Å²) in [6.45, 7) is 3.12. The van der Waals surface area contributed by atoms with E-state index in [0.717, 1.165) is 12.1 Å². The number of nitrogens with zero attached hydrogens (tertiary/aromatic N) is 2. The van der Waals surface area contributed by atoms with Crippen molar-refractivity contribution in [2.24, 2.45) is 0 Å². The Balaban J connectivity index is 2.14. The average molecular weight is 325 g/mol. The van der Waals surface area contributed by atoms with Gasteiger partial charge < -0.3 is 16.0 Å². The van der Waals surface area contributed by atoms with E-state index in [0.29, 0.717) is 21.6 Å². The predicted octanol–water partition coefficient (Wildman–Crippen LogP) is 3.08. The zero-order valence-electron chi connectivity index (χ0n) is 11.9. The third-order valence-electron chi connectivity index (χ3n) is 2.89. The molecule has 0 unspecified atom stereocenters. The summed E-state index contributed by atoms with van der Waals surface area (Å²) in [4.78, 5) is 18.6. The minimum absolute atomic E-state index is 0.158. The molecule has 0 saturated heterocycles. The molecule has 7 heteroatoms. The molecule has 0 fully saturated rings. The molecule has 0 saturated carbocycles. The van der Waals surface area contributed by atoms with Gasteiger partial charge in [-0.2, -0.15) is 0 Å². The summed E-state index contributed by atoms with van der Waals surface area (Å²) in [6.07, 6.45) is 0. The van der Waals surface area contributed by atoms with Gasteiger partial charge in [0.05, 0.1) is 0 Å². The Morgan fingerprint density at radius 1 is 1.48 bits per heavy atom. The SMILES string of the molecule is CCNc1nc(N)c(C(=O)N(C)Cc2ccccc2Cl)s1. The first-order valence-corrected chi connectivity index (χ1v) is 7.71. The molecule has 0 aliphatic rings. The summed E-state index contributed by atoms with van der Waals surface area (Å²) in [6, 6.07) is 7.45. The molecule has 1 aromatic carbocycles. The van der Waals surface area contributed by atoms with Crippen molar-refractivity contribution in [3.8, 4) is 0 Å². The van der Waals surface area contributed by atoms with Gasteiger partial charge in [0.25, 0.3) is 5.91 Å². The molecule has 0 atom stereocenters. The molecule has 0 radical (unpaired) electrons. The summed E-state index contributed by atoms with van der Waals surface area (Å²) in [5.41, 5.74) is 6.71. The van der Waals surface area contributed by atoms with Gasteiger partial charge in [0.1, 0.15) is 10.7 Å². The van der Waals surface area contributed by atoms with E-state index in [1.807, 2.05) is 25.1 Å². The second-order valence-corrected chi connectivity index (χ2v) is 5.92. The molecule has 0 aliphatic heterocycles. The predicted molar refractivity (Wildman–Crippen MR) is 87.9 cm³/mol. The van der Waals surface area contributed by atoms with E-state index in [1.165, 1.54) is 11.3 Å². The summed E-state index contributed by atoms with van der Waals surface area (Å²) >= 11 is 7.38. The number of carbonyl (C=O) groups excluding carboxylic acids is 1. The van der Waals surface area contributed by atoms with Gasteiger partial charge in [-0.15, -0.1) is 0 Å². The van der Waals surface area contributed by atoms with Crippen LogP contribution < -0.4 is 11.1 Å². The Kier molecular flexibility index (Phi) is 5.03. The molecule has 112 valence electrons. The van der Waals surface area contributed by atoms with Crippen LogP contribution in [0.5, 0.6) is 0 Å². The van der Waals surface area contributed by atoms with Crippen molar-refractivity contribution < 1.29 is 4.79 Å². The van der Waals surface area contributed by atoms with Crippen molar-refractivity contribution in [2.45, 2.75) is 13.5 Å². The van der Waals surface area contributed by atoms with Crippen LogP contribution in [0.15, 0.2) is 24.3 Å². The first-order chi connectivity index (χ1) is 10.0. The smallest absolute Gasteiger partial charge is 0.267 e. The number of amides is 1. The monoisotopic (exact) mass is 324 g/mol. The molecule has 0 spiro atoms. The van der Waals surface area contributed by atoms with E-state index in [4.69, 9.17) is 17.3 Å². The van der Waals surface area contributed by atoms with E-state index in [-0.39, 0.29) is 11.7 Å². The number of benzene rings is 1. The fourth-order valence-corrected chi connectivity index (χ4v) is 2.98. The molecule has 3 N–H and O–H groups in total. The molecule has 1 aromatic heterocycles. The van der Waals surface area contributed by atoms with Gasteiger partial charge in [-0.05, 0) is 18.6 Å². The number of aromatic nitrogens is 1. The third-order valence-corrected chi connectivity index (χ3v) is 4.27. The van der Waals surface area contributed by atoms with Crippen LogP contribution >= 0.6 is 22.9 Å². The van der Waals surface area contributed by atoms with Gasteiger partial charge in [-0.1, -0.05) is 41.1 Å². The Morgan fingerprint density at radius 3 is 2.86 bits per heavy atom. The number of hydrogen-bond acceptors (Lipinski definition) is 5. The fraction of sp³-hybridized carbons (Fsp3) is 0.286. The van der Waals surface area contributed by atoms with Gasteiger partial charge in [0, 0.05) is 25.2 Å². The van der Waals surface area contributed by atoms with E-state index >= 15 is 0 Å².